The van der Waals surface area contributed by atoms with E-state index in [1.807, 2.05) is 6.92 Å². The number of hydrogen-bond acceptors (Lipinski definition) is 4. The molecule has 0 spiro atoms. The van der Waals surface area contributed by atoms with Crippen LogP contribution in [0.2, 0.25) is 0 Å². The summed E-state index contributed by atoms with van der Waals surface area (Å²) in [5, 5.41) is 6.65. The Kier molecular flexibility index (Phi) is 5.77. The van der Waals surface area contributed by atoms with Gasteiger partial charge in [0.15, 0.2) is 0 Å². The lowest BCUT2D eigenvalue weighted by molar-refractivity contribution is 0.553. The monoisotopic (exact) mass is 274 g/mol. The molecule has 2 N–H and O–H groups in total. The Labute approximate surface area is 109 Å². The highest BCUT2D eigenvalue weighted by Gasteiger charge is 2.19. The van der Waals surface area contributed by atoms with E-state index in [1.165, 1.54) is 0 Å². The lowest BCUT2D eigenvalue weighted by atomic mass is 10.4. The van der Waals surface area contributed by atoms with Crippen molar-refractivity contribution in [1.29, 1.82) is 0 Å². The molecule has 0 bridgehead atoms. The van der Waals surface area contributed by atoms with Crippen LogP contribution in [0.5, 0.6) is 0 Å². The second-order valence-electron chi connectivity index (χ2n) is 4.33. The average molecular weight is 274 g/mol. The lowest BCUT2D eigenvalue weighted by Gasteiger charge is -2.14. The van der Waals surface area contributed by atoms with E-state index in [0.29, 0.717) is 6.54 Å². The van der Waals surface area contributed by atoms with Crippen LogP contribution in [-0.4, -0.2) is 36.5 Å². The Morgan fingerprint density at radius 2 is 2.22 bits per heavy atom. The summed E-state index contributed by atoms with van der Waals surface area (Å²) in [6.07, 6.45) is 2.64. The molecule has 1 aromatic heterocycles. The summed E-state index contributed by atoms with van der Waals surface area (Å²) in [6.45, 7) is 5.33. The first kappa shape index (κ1) is 15.1. The van der Waals surface area contributed by atoms with E-state index in [1.54, 1.807) is 30.9 Å². The van der Waals surface area contributed by atoms with Crippen LogP contribution in [0.25, 0.3) is 0 Å². The van der Waals surface area contributed by atoms with Crippen molar-refractivity contribution in [1.82, 2.24) is 19.8 Å². The molecule has 7 heteroatoms. The van der Waals surface area contributed by atoms with Crippen LogP contribution in [0, 0.1) is 0 Å². The number of nitrogens with one attached hydrogen (secondary N) is 2. The average Bonchev–Trinajstić information content (AvgIpc) is 2.72. The van der Waals surface area contributed by atoms with Gasteiger partial charge in [-0.3, -0.25) is 4.68 Å². The second kappa shape index (κ2) is 6.86. The molecule has 0 fully saturated rings. The molecule has 1 atom stereocenters. The summed E-state index contributed by atoms with van der Waals surface area (Å²) >= 11 is 0. The molecule has 6 nitrogen and oxygen atoms in total. The first-order valence-corrected chi connectivity index (χ1v) is 7.68. The molecule has 1 unspecified atom stereocenters. The molecule has 0 saturated carbocycles. The number of rotatable bonds is 8. The molecule has 1 rings (SSSR count). The standard InChI is InChI=1S/C11H22N4O2S/c1-4-6-12-8-10(2)18(16,17)14-9-11-5-7-13-15(11)3/h5,7,10,12,14H,4,6,8-9H2,1-3H3. The molecule has 1 aromatic rings. The third-order valence-electron chi connectivity index (χ3n) is 2.77. The van der Waals surface area contributed by atoms with Crippen molar-refractivity contribution < 1.29 is 8.42 Å². The van der Waals surface area contributed by atoms with E-state index in [9.17, 15) is 8.42 Å². The van der Waals surface area contributed by atoms with Gasteiger partial charge in [0.1, 0.15) is 0 Å². The molecule has 0 saturated heterocycles. The number of aryl methyl sites for hydroxylation is 1. The molecule has 1 heterocycles. The second-order valence-corrected chi connectivity index (χ2v) is 6.51. The van der Waals surface area contributed by atoms with E-state index in [2.05, 4.69) is 15.1 Å². The zero-order chi connectivity index (χ0) is 13.6. The van der Waals surface area contributed by atoms with Crippen LogP contribution in [-0.2, 0) is 23.6 Å². The van der Waals surface area contributed by atoms with Gasteiger partial charge in [0.2, 0.25) is 10.0 Å². The summed E-state index contributed by atoms with van der Waals surface area (Å²) < 4.78 is 28.2. The quantitative estimate of drug-likeness (QED) is 0.665. The predicted octanol–water partition coefficient (Wildman–Crippen LogP) is 0.228. The fraction of sp³-hybridized carbons (Fsp3) is 0.727. The van der Waals surface area contributed by atoms with E-state index >= 15 is 0 Å². The van der Waals surface area contributed by atoms with Gasteiger partial charge in [-0.15, -0.1) is 0 Å². The molecule has 18 heavy (non-hydrogen) atoms. The first-order valence-electron chi connectivity index (χ1n) is 6.13. The normalized spacial score (nSPS) is 13.7. The van der Waals surface area contributed by atoms with Gasteiger partial charge in [-0.2, -0.15) is 5.10 Å². The lowest BCUT2D eigenvalue weighted by Crippen LogP contribution is -2.39. The van der Waals surface area contributed by atoms with Crippen molar-refractivity contribution in [3.05, 3.63) is 18.0 Å². The highest BCUT2D eigenvalue weighted by atomic mass is 32.2. The van der Waals surface area contributed by atoms with Crippen molar-refractivity contribution in [2.24, 2.45) is 7.05 Å². The van der Waals surface area contributed by atoms with Crippen LogP contribution in [0.1, 0.15) is 26.0 Å². The highest BCUT2D eigenvalue weighted by molar-refractivity contribution is 7.90. The summed E-state index contributed by atoms with van der Waals surface area (Å²) in [6, 6.07) is 1.79. The maximum atomic E-state index is 12.0. The number of aromatic nitrogens is 2. The van der Waals surface area contributed by atoms with Crippen molar-refractivity contribution in [3.63, 3.8) is 0 Å². The largest absolute Gasteiger partial charge is 0.315 e. The Bertz CT molecular complexity index is 455. The van der Waals surface area contributed by atoms with Crippen molar-refractivity contribution in [3.8, 4) is 0 Å². The maximum Gasteiger partial charge on any atom is 0.215 e. The van der Waals surface area contributed by atoms with Crippen LogP contribution in [0.4, 0.5) is 0 Å². The summed E-state index contributed by atoms with van der Waals surface area (Å²) in [4.78, 5) is 0. The van der Waals surface area contributed by atoms with Crippen LogP contribution in [0.15, 0.2) is 12.3 Å². The van der Waals surface area contributed by atoms with Crippen molar-refractivity contribution >= 4 is 10.0 Å². The molecule has 104 valence electrons. The van der Waals surface area contributed by atoms with E-state index < -0.39 is 15.3 Å². The first-order chi connectivity index (χ1) is 8.47. The van der Waals surface area contributed by atoms with Crippen LogP contribution in [0.3, 0.4) is 0 Å². The fourth-order valence-corrected chi connectivity index (χ4v) is 2.45. The highest BCUT2D eigenvalue weighted by Crippen LogP contribution is 2.01. The molecule has 0 amide bonds. The SMILES string of the molecule is CCCNCC(C)S(=O)(=O)NCc1ccnn1C. The third kappa shape index (κ3) is 4.40. The smallest absolute Gasteiger partial charge is 0.215 e. The molecule has 0 aliphatic rings. The van der Waals surface area contributed by atoms with E-state index in [0.717, 1.165) is 18.7 Å². The molecule has 0 aromatic carbocycles. The Balaban J connectivity index is 2.46. The van der Waals surface area contributed by atoms with Gasteiger partial charge in [0.05, 0.1) is 17.5 Å². The van der Waals surface area contributed by atoms with Crippen LogP contribution < -0.4 is 10.0 Å². The minimum Gasteiger partial charge on any atom is -0.315 e. The zero-order valence-corrected chi connectivity index (χ0v) is 12.0. The van der Waals surface area contributed by atoms with Crippen molar-refractivity contribution in [2.45, 2.75) is 32.1 Å². The van der Waals surface area contributed by atoms with Crippen LogP contribution >= 0.6 is 0 Å². The predicted molar refractivity (Wildman–Crippen MR) is 71.6 cm³/mol. The fourth-order valence-electron chi connectivity index (χ4n) is 1.48. The van der Waals surface area contributed by atoms with Gasteiger partial charge in [0.25, 0.3) is 0 Å². The zero-order valence-electron chi connectivity index (χ0n) is 11.2. The minimum absolute atomic E-state index is 0.275. The summed E-state index contributed by atoms with van der Waals surface area (Å²) in [5.41, 5.74) is 0.840. The topological polar surface area (TPSA) is 76.0 Å². The van der Waals surface area contributed by atoms with E-state index in [-0.39, 0.29) is 6.54 Å². The minimum atomic E-state index is -3.29. The Hall–Kier alpha value is -0.920. The van der Waals surface area contributed by atoms with Gasteiger partial charge in [0, 0.05) is 19.8 Å². The van der Waals surface area contributed by atoms with Gasteiger partial charge < -0.3 is 5.32 Å². The van der Waals surface area contributed by atoms with Gasteiger partial charge in [-0.1, -0.05) is 6.92 Å². The van der Waals surface area contributed by atoms with Gasteiger partial charge >= 0.3 is 0 Å². The maximum absolute atomic E-state index is 12.0. The summed E-state index contributed by atoms with van der Waals surface area (Å²) in [5.74, 6) is 0. The third-order valence-corrected chi connectivity index (χ3v) is 4.54. The Morgan fingerprint density at radius 1 is 1.50 bits per heavy atom. The molecular weight excluding hydrogens is 252 g/mol. The molecule has 0 aliphatic carbocycles. The summed E-state index contributed by atoms with van der Waals surface area (Å²) in [7, 11) is -1.50. The number of nitrogens with zero attached hydrogens (tertiary/aromatic N) is 2. The number of sulfonamides is 1. The van der Waals surface area contributed by atoms with Gasteiger partial charge in [-0.05, 0) is 26.0 Å². The van der Waals surface area contributed by atoms with E-state index in [4.69, 9.17) is 0 Å². The molecule has 0 radical (unpaired) electrons. The molecular formula is C11H22N4O2S. The number of hydrogen-bond donors (Lipinski definition) is 2. The van der Waals surface area contributed by atoms with Gasteiger partial charge in [-0.25, -0.2) is 13.1 Å². The Morgan fingerprint density at radius 3 is 2.78 bits per heavy atom. The molecule has 0 aliphatic heterocycles. The van der Waals surface area contributed by atoms with Crippen molar-refractivity contribution in [2.75, 3.05) is 13.1 Å².